The van der Waals surface area contributed by atoms with Crippen LogP contribution in [0.25, 0.3) is 0 Å². The van der Waals surface area contributed by atoms with Gasteiger partial charge in [-0.15, -0.1) is 0 Å². The van der Waals surface area contributed by atoms with Crippen molar-refractivity contribution in [2.24, 2.45) is 11.3 Å². The van der Waals surface area contributed by atoms with Gasteiger partial charge in [0.15, 0.2) is 0 Å². The van der Waals surface area contributed by atoms with Crippen LogP contribution in [0.3, 0.4) is 0 Å². The maximum Gasteiger partial charge on any atom is 0.311 e. The summed E-state index contributed by atoms with van der Waals surface area (Å²) in [6, 6.07) is 0. The van der Waals surface area contributed by atoms with Crippen LogP contribution in [0, 0.1) is 11.3 Å². The van der Waals surface area contributed by atoms with Gasteiger partial charge in [-0.1, -0.05) is 20.8 Å². The molecule has 0 radical (unpaired) electrons. The smallest absolute Gasteiger partial charge is 0.311 e. The van der Waals surface area contributed by atoms with E-state index in [0.29, 0.717) is 19.4 Å². The molecule has 6 nitrogen and oxygen atoms in total. The molecule has 1 saturated heterocycles. The number of hydrogen-bond acceptors (Lipinski definition) is 3. The summed E-state index contributed by atoms with van der Waals surface area (Å²) in [5.74, 6) is -1.24. The number of amides is 2. The van der Waals surface area contributed by atoms with Crippen molar-refractivity contribution in [1.29, 1.82) is 0 Å². The van der Waals surface area contributed by atoms with Gasteiger partial charge in [-0.2, -0.15) is 0 Å². The van der Waals surface area contributed by atoms with E-state index in [1.165, 1.54) is 0 Å². The molecular formula is C14H24N2O4. The van der Waals surface area contributed by atoms with Crippen molar-refractivity contribution in [2.45, 2.75) is 40.0 Å². The SMILES string of the molecule is CCCC(=O)NCC(=O)N1CCC(C(=O)O)(C(C)C)C1. The van der Waals surface area contributed by atoms with Crippen molar-refractivity contribution in [2.75, 3.05) is 19.6 Å². The lowest BCUT2D eigenvalue weighted by Crippen LogP contribution is -2.43. The van der Waals surface area contributed by atoms with Gasteiger partial charge < -0.3 is 15.3 Å². The summed E-state index contributed by atoms with van der Waals surface area (Å²) in [5.41, 5.74) is -0.858. The Morgan fingerprint density at radius 2 is 2.00 bits per heavy atom. The van der Waals surface area contributed by atoms with E-state index in [1.54, 1.807) is 4.90 Å². The molecule has 1 aliphatic rings. The number of hydrogen-bond donors (Lipinski definition) is 2. The van der Waals surface area contributed by atoms with E-state index in [1.807, 2.05) is 20.8 Å². The zero-order valence-corrected chi connectivity index (χ0v) is 12.4. The van der Waals surface area contributed by atoms with Crippen molar-refractivity contribution in [3.63, 3.8) is 0 Å². The minimum absolute atomic E-state index is 0.0347. The third kappa shape index (κ3) is 3.49. The zero-order chi connectivity index (χ0) is 15.3. The van der Waals surface area contributed by atoms with Gasteiger partial charge in [-0.25, -0.2) is 0 Å². The molecule has 1 unspecified atom stereocenters. The molecule has 0 aromatic heterocycles. The number of likely N-dealkylation sites (tertiary alicyclic amines) is 1. The van der Waals surface area contributed by atoms with E-state index in [9.17, 15) is 19.5 Å². The van der Waals surface area contributed by atoms with Gasteiger partial charge in [-0.3, -0.25) is 14.4 Å². The predicted molar refractivity (Wildman–Crippen MR) is 74.0 cm³/mol. The second-order valence-corrected chi connectivity index (χ2v) is 5.71. The molecule has 1 aliphatic heterocycles. The van der Waals surface area contributed by atoms with E-state index in [4.69, 9.17) is 0 Å². The molecule has 1 fully saturated rings. The number of aliphatic carboxylic acids is 1. The highest BCUT2D eigenvalue weighted by molar-refractivity contribution is 5.86. The Labute approximate surface area is 119 Å². The first-order valence-electron chi connectivity index (χ1n) is 7.11. The minimum atomic E-state index is -0.858. The second-order valence-electron chi connectivity index (χ2n) is 5.71. The van der Waals surface area contributed by atoms with Crippen molar-refractivity contribution in [3.8, 4) is 0 Å². The van der Waals surface area contributed by atoms with Gasteiger partial charge in [0, 0.05) is 19.5 Å². The molecule has 0 saturated carbocycles. The molecule has 20 heavy (non-hydrogen) atoms. The van der Waals surface area contributed by atoms with Crippen LogP contribution in [0.1, 0.15) is 40.0 Å². The predicted octanol–water partition coefficient (Wildman–Crippen LogP) is 0.862. The van der Waals surface area contributed by atoms with E-state index in [0.717, 1.165) is 6.42 Å². The molecule has 0 aromatic carbocycles. The topological polar surface area (TPSA) is 86.7 Å². The highest BCUT2D eigenvalue weighted by Gasteiger charge is 2.48. The van der Waals surface area contributed by atoms with Crippen LogP contribution in [0.5, 0.6) is 0 Å². The van der Waals surface area contributed by atoms with Crippen molar-refractivity contribution in [3.05, 3.63) is 0 Å². The van der Waals surface area contributed by atoms with Gasteiger partial charge in [0.25, 0.3) is 0 Å². The standard InChI is InChI=1S/C14H24N2O4/c1-4-5-11(17)15-8-12(18)16-7-6-14(9-16,10(2)3)13(19)20/h10H,4-9H2,1-3H3,(H,15,17)(H,19,20). The number of rotatable bonds is 6. The number of nitrogens with one attached hydrogen (secondary N) is 1. The van der Waals surface area contributed by atoms with E-state index in [-0.39, 0.29) is 30.8 Å². The summed E-state index contributed by atoms with van der Waals surface area (Å²) in [7, 11) is 0. The lowest BCUT2D eigenvalue weighted by Gasteiger charge is -2.28. The largest absolute Gasteiger partial charge is 0.481 e. The third-order valence-corrected chi connectivity index (χ3v) is 4.10. The van der Waals surface area contributed by atoms with Crippen LogP contribution in [0.2, 0.25) is 0 Å². The van der Waals surface area contributed by atoms with Crippen LogP contribution >= 0.6 is 0 Å². The van der Waals surface area contributed by atoms with Crippen LogP contribution in [-0.4, -0.2) is 47.4 Å². The molecule has 2 amide bonds. The van der Waals surface area contributed by atoms with Gasteiger partial charge in [0.1, 0.15) is 0 Å². The lowest BCUT2D eigenvalue weighted by molar-refractivity contribution is -0.151. The highest BCUT2D eigenvalue weighted by Crippen LogP contribution is 2.38. The number of carboxylic acid groups (broad SMARTS) is 1. The quantitative estimate of drug-likeness (QED) is 0.757. The van der Waals surface area contributed by atoms with Crippen LogP contribution < -0.4 is 5.32 Å². The average molecular weight is 284 g/mol. The van der Waals surface area contributed by atoms with Crippen molar-refractivity contribution < 1.29 is 19.5 Å². The molecule has 1 atom stereocenters. The van der Waals surface area contributed by atoms with E-state index < -0.39 is 11.4 Å². The van der Waals surface area contributed by atoms with Crippen LogP contribution in [-0.2, 0) is 14.4 Å². The Morgan fingerprint density at radius 3 is 2.45 bits per heavy atom. The summed E-state index contributed by atoms with van der Waals surface area (Å²) in [4.78, 5) is 36.4. The first-order chi connectivity index (χ1) is 9.33. The Balaban J connectivity index is 2.56. The number of carbonyl (C=O) groups is 3. The van der Waals surface area contributed by atoms with Crippen LogP contribution in [0.15, 0.2) is 0 Å². The molecule has 6 heteroatoms. The summed E-state index contributed by atoms with van der Waals surface area (Å²) in [5, 5.41) is 12.0. The fraction of sp³-hybridized carbons (Fsp3) is 0.786. The Morgan fingerprint density at radius 1 is 1.35 bits per heavy atom. The maximum atomic E-state index is 12.0. The van der Waals surface area contributed by atoms with Crippen molar-refractivity contribution >= 4 is 17.8 Å². The monoisotopic (exact) mass is 284 g/mol. The molecule has 1 rings (SSSR count). The minimum Gasteiger partial charge on any atom is -0.481 e. The van der Waals surface area contributed by atoms with E-state index in [2.05, 4.69) is 5.32 Å². The average Bonchev–Trinajstić information content (AvgIpc) is 2.82. The van der Waals surface area contributed by atoms with Gasteiger partial charge in [-0.05, 0) is 18.8 Å². The fourth-order valence-electron chi connectivity index (χ4n) is 2.54. The summed E-state index contributed by atoms with van der Waals surface area (Å²) in [6.45, 7) is 6.24. The Kier molecular flexibility index (Phi) is 5.53. The van der Waals surface area contributed by atoms with E-state index >= 15 is 0 Å². The first kappa shape index (κ1) is 16.5. The molecule has 114 valence electrons. The summed E-state index contributed by atoms with van der Waals surface area (Å²) in [6.07, 6.45) is 1.60. The van der Waals surface area contributed by atoms with Gasteiger partial charge >= 0.3 is 5.97 Å². The number of carbonyl (C=O) groups excluding carboxylic acids is 2. The molecule has 0 aromatic rings. The fourth-order valence-corrected chi connectivity index (χ4v) is 2.54. The molecule has 1 heterocycles. The number of carboxylic acids is 1. The number of nitrogens with zero attached hydrogens (tertiary/aromatic N) is 1. The van der Waals surface area contributed by atoms with Crippen LogP contribution in [0.4, 0.5) is 0 Å². The first-order valence-corrected chi connectivity index (χ1v) is 7.11. The molecule has 2 N–H and O–H groups in total. The van der Waals surface area contributed by atoms with Crippen molar-refractivity contribution in [1.82, 2.24) is 10.2 Å². The maximum absolute atomic E-state index is 12.0. The summed E-state index contributed by atoms with van der Waals surface area (Å²) < 4.78 is 0. The molecular weight excluding hydrogens is 260 g/mol. The second kappa shape index (κ2) is 6.72. The Hall–Kier alpha value is -1.59. The Bertz CT molecular complexity index is 395. The summed E-state index contributed by atoms with van der Waals surface area (Å²) >= 11 is 0. The lowest BCUT2D eigenvalue weighted by atomic mass is 9.76. The molecule has 0 spiro atoms. The van der Waals surface area contributed by atoms with Gasteiger partial charge in [0.05, 0.1) is 12.0 Å². The molecule has 0 bridgehead atoms. The third-order valence-electron chi connectivity index (χ3n) is 4.10. The zero-order valence-electron chi connectivity index (χ0n) is 12.4. The normalized spacial score (nSPS) is 22.1. The highest BCUT2D eigenvalue weighted by atomic mass is 16.4. The van der Waals surface area contributed by atoms with Gasteiger partial charge in [0.2, 0.25) is 11.8 Å². The molecule has 0 aliphatic carbocycles.